The summed E-state index contributed by atoms with van der Waals surface area (Å²) in [7, 11) is 0. The van der Waals surface area contributed by atoms with E-state index < -0.39 is 60.2 Å². The molecule has 13 N–H and O–H groups in total. The number of guanidine groups is 1. The van der Waals surface area contributed by atoms with Gasteiger partial charge in [-0.2, -0.15) is 0 Å². The SMILES string of the molecule is CC(C)CC(NC(=O)C(N)CCCN=C(N)N)C(=O)NC(CCC(=O)O)C(=O)NC(CCCCN)C(=O)O. The number of rotatable bonds is 20. The Labute approximate surface area is 222 Å². The number of carbonyl (C=O) groups excluding carboxylic acids is 3. The minimum absolute atomic E-state index is 0.0330. The highest BCUT2D eigenvalue weighted by Crippen LogP contribution is 2.09. The molecule has 0 aromatic heterocycles. The summed E-state index contributed by atoms with van der Waals surface area (Å²) < 4.78 is 0. The van der Waals surface area contributed by atoms with Crippen LogP contribution in [0.15, 0.2) is 4.99 Å². The summed E-state index contributed by atoms with van der Waals surface area (Å²) in [5, 5.41) is 25.9. The first-order valence-corrected chi connectivity index (χ1v) is 12.6. The van der Waals surface area contributed by atoms with Gasteiger partial charge in [0.2, 0.25) is 17.7 Å². The van der Waals surface area contributed by atoms with Gasteiger partial charge in [0, 0.05) is 13.0 Å². The van der Waals surface area contributed by atoms with Crippen LogP contribution in [0.5, 0.6) is 0 Å². The molecule has 0 aromatic carbocycles. The summed E-state index contributed by atoms with van der Waals surface area (Å²) in [4.78, 5) is 65.1. The molecular formula is C23H44N8O7. The van der Waals surface area contributed by atoms with Crippen molar-refractivity contribution in [2.24, 2.45) is 33.8 Å². The third kappa shape index (κ3) is 15.6. The van der Waals surface area contributed by atoms with Crippen molar-refractivity contribution in [1.82, 2.24) is 16.0 Å². The molecule has 4 atom stereocenters. The van der Waals surface area contributed by atoms with E-state index in [1.807, 2.05) is 13.8 Å². The second-order valence-corrected chi connectivity index (χ2v) is 9.42. The van der Waals surface area contributed by atoms with E-state index >= 15 is 0 Å². The van der Waals surface area contributed by atoms with Crippen molar-refractivity contribution in [3.05, 3.63) is 0 Å². The van der Waals surface area contributed by atoms with E-state index in [1.54, 1.807) is 0 Å². The molecule has 0 rings (SSSR count). The van der Waals surface area contributed by atoms with Gasteiger partial charge in [-0.25, -0.2) is 4.79 Å². The molecule has 0 saturated carbocycles. The number of nitrogens with two attached hydrogens (primary N) is 4. The number of nitrogens with one attached hydrogen (secondary N) is 3. The van der Waals surface area contributed by atoms with E-state index in [4.69, 9.17) is 28.0 Å². The first kappa shape index (κ1) is 34.5. The summed E-state index contributed by atoms with van der Waals surface area (Å²) in [6.07, 6.45) is 1.29. The molecule has 0 radical (unpaired) electrons. The maximum Gasteiger partial charge on any atom is 0.326 e. The van der Waals surface area contributed by atoms with E-state index in [9.17, 15) is 29.1 Å². The summed E-state index contributed by atoms with van der Waals surface area (Å²) in [6, 6.07) is -4.58. The molecule has 218 valence electrons. The molecular weight excluding hydrogens is 500 g/mol. The van der Waals surface area contributed by atoms with Gasteiger partial charge in [-0.15, -0.1) is 0 Å². The predicted molar refractivity (Wildman–Crippen MR) is 141 cm³/mol. The van der Waals surface area contributed by atoms with E-state index in [0.29, 0.717) is 25.8 Å². The zero-order valence-electron chi connectivity index (χ0n) is 22.2. The van der Waals surface area contributed by atoms with Gasteiger partial charge in [0.15, 0.2) is 5.96 Å². The predicted octanol–water partition coefficient (Wildman–Crippen LogP) is -2.05. The average molecular weight is 545 g/mol. The molecule has 3 amide bonds. The molecule has 38 heavy (non-hydrogen) atoms. The highest BCUT2D eigenvalue weighted by Gasteiger charge is 2.30. The maximum atomic E-state index is 13.1. The lowest BCUT2D eigenvalue weighted by molar-refractivity contribution is -0.143. The molecule has 4 unspecified atom stereocenters. The van der Waals surface area contributed by atoms with Crippen LogP contribution >= 0.6 is 0 Å². The van der Waals surface area contributed by atoms with Crippen molar-refractivity contribution in [3.63, 3.8) is 0 Å². The fraction of sp³-hybridized carbons (Fsp3) is 0.739. The number of carbonyl (C=O) groups is 5. The van der Waals surface area contributed by atoms with Crippen LogP contribution in [0.3, 0.4) is 0 Å². The van der Waals surface area contributed by atoms with Crippen LogP contribution in [0.1, 0.15) is 65.2 Å². The van der Waals surface area contributed by atoms with Gasteiger partial charge < -0.3 is 49.1 Å². The summed E-state index contributed by atoms with van der Waals surface area (Å²) in [6.45, 7) is 4.30. The van der Waals surface area contributed by atoms with Gasteiger partial charge in [-0.1, -0.05) is 13.8 Å². The largest absolute Gasteiger partial charge is 0.481 e. The lowest BCUT2D eigenvalue weighted by Crippen LogP contribution is -2.57. The first-order chi connectivity index (χ1) is 17.8. The Hall–Kier alpha value is -3.46. The fourth-order valence-corrected chi connectivity index (χ4v) is 3.46. The second kappa shape index (κ2) is 18.7. The third-order valence-electron chi connectivity index (χ3n) is 5.49. The number of carboxylic acid groups (broad SMARTS) is 2. The number of aliphatic imine (C=N–C) groups is 1. The van der Waals surface area contributed by atoms with E-state index in [1.165, 1.54) is 0 Å². The molecule has 15 heteroatoms. The monoisotopic (exact) mass is 544 g/mol. The number of nitrogens with zero attached hydrogens (tertiary/aromatic N) is 1. The summed E-state index contributed by atoms with van der Waals surface area (Å²) in [5.41, 5.74) is 21.9. The Bertz CT molecular complexity index is 818. The van der Waals surface area contributed by atoms with Crippen LogP contribution in [-0.4, -0.2) is 83.1 Å². The van der Waals surface area contributed by atoms with Crippen molar-refractivity contribution >= 4 is 35.6 Å². The quantitative estimate of drug-likeness (QED) is 0.0456. The second-order valence-electron chi connectivity index (χ2n) is 9.42. The van der Waals surface area contributed by atoms with Gasteiger partial charge in [0.05, 0.1) is 6.04 Å². The number of aliphatic carboxylic acids is 2. The van der Waals surface area contributed by atoms with Gasteiger partial charge in [-0.05, 0) is 57.4 Å². The Kier molecular flexibility index (Phi) is 17.0. The number of hydrogen-bond acceptors (Lipinski definition) is 8. The molecule has 0 aliphatic carbocycles. The van der Waals surface area contributed by atoms with Crippen molar-refractivity contribution in [3.8, 4) is 0 Å². The van der Waals surface area contributed by atoms with Crippen LogP contribution in [0.4, 0.5) is 0 Å². The molecule has 0 aliphatic rings. The Morgan fingerprint density at radius 3 is 1.89 bits per heavy atom. The maximum absolute atomic E-state index is 13.1. The molecule has 0 fully saturated rings. The Morgan fingerprint density at radius 1 is 0.789 bits per heavy atom. The zero-order chi connectivity index (χ0) is 29.3. The number of unbranched alkanes of at least 4 members (excludes halogenated alkanes) is 1. The van der Waals surface area contributed by atoms with E-state index in [-0.39, 0.29) is 44.1 Å². The zero-order valence-corrected chi connectivity index (χ0v) is 22.2. The van der Waals surface area contributed by atoms with Gasteiger partial charge >= 0.3 is 11.9 Å². The van der Waals surface area contributed by atoms with Crippen LogP contribution < -0.4 is 38.9 Å². The van der Waals surface area contributed by atoms with Gasteiger partial charge in [0.1, 0.15) is 18.1 Å². The topological polar surface area (TPSA) is 278 Å². The van der Waals surface area contributed by atoms with Crippen molar-refractivity contribution in [1.29, 1.82) is 0 Å². The van der Waals surface area contributed by atoms with Crippen molar-refractivity contribution in [2.75, 3.05) is 13.1 Å². The summed E-state index contributed by atoms with van der Waals surface area (Å²) in [5.74, 6) is -4.73. The first-order valence-electron chi connectivity index (χ1n) is 12.6. The van der Waals surface area contributed by atoms with Gasteiger partial charge in [-0.3, -0.25) is 24.2 Å². The van der Waals surface area contributed by atoms with E-state index in [2.05, 4.69) is 20.9 Å². The fourth-order valence-electron chi connectivity index (χ4n) is 3.46. The lowest BCUT2D eigenvalue weighted by Gasteiger charge is -2.26. The van der Waals surface area contributed by atoms with Crippen molar-refractivity contribution < 1.29 is 34.2 Å². The molecule has 0 saturated heterocycles. The molecule has 0 heterocycles. The van der Waals surface area contributed by atoms with Gasteiger partial charge in [0.25, 0.3) is 0 Å². The normalized spacial score (nSPS) is 14.0. The van der Waals surface area contributed by atoms with E-state index in [0.717, 1.165) is 0 Å². The molecule has 0 spiro atoms. The Morgan fingerprint density at radius 2 is 1.37 bits per heavy atom. The molecule has 0 aliphatic heterocycles. The van der Waals surface area contributed by atoms with Crippen LogP contribution in [0, 0.1) is 5.92 Å². The molecule has 15 nitrogen and oxygen atoms in total. The highest BCUT2D eigenvalue weighted by molar-refractivity contribution is 5.94. The Balaban J connectivity index is 5.46. The lowest BCUT2D eigenvalue weighted by atomic mass is 10.0. The molecule has 0 aromatic rings. The number of amides is 3. The van der Waals surface area contributed by atoms with Crippen LogP contribution in [0.2, 0.25) is 0 Å². The minimum atomic E-state index is -1.34. The van der Waals surface area contributed by atoms with Crippen LogP contribution in [0.25, 0.3) is 0 Å². The average Bonchev–Trinajstić information content (AvgIpc) is 2.82. The third-order valence-corrected chi connectivity index (χ3v) is 5.49. The standard InChI is InChI=1S/C23H44N8O7/c1-13(2)12-17(31-19(34)14(25)6-5-11-28-23(26)27)21(36)29-15(8-9-18(32)33)20(35)30-16(22(37)38)7-3-4-10-24/h13-17H,3-12,24-25H2,1-2H3,(H,29,36)(H,30,35)(H,31,34)(H,32,33)(H,37,38)(H4,26,27,28). The molecule has 0 bridgehead atoms. The van der Waals surface area contributed by atoms with Crippen molar-refractivity contribution in [2.45, 2.75) is 89.4 Å². The number of carboxylic acids is 2. The number of hydrogen-bond donors (Lipinski definition) is 9. The smallest absolute Gasteiger partial charge is 0.326 e. The summed E-state index contributed by atoms with van der Waals surface area (Å²) >= 11 is 0. The minimum Gasteiger partial charge on any atom is -0.481 e. The van der Waals surface area contributed by atoms with Crippen LogP contribution in [-0.2, 0) is 24.0 Å². The highest BCUT2D eigenvalue weighted by atomic mass is 16.4.